The first kappa shape index (κ1) is 25.6. The van der Waals surface area contributed by atoms with Gasteiger partial charge >= 0.3 is 0 Å². The second-order valence-corrected chi connectivity index (χ2v) is 8.01. The first-order valence-corrected chi connectivity index (χ1v) is 12.4. The molecule has 0 atom stereocenters. The molecule has 2 aromatic carbocycles. The molecule has 32 heavy (non-hydrogen) atoms. The number of benzene rings is 2. The molecular formula is C28H42N4. The van der Waals surface area contributed by atoms with Crippen LogP contribution in [0.3, 0.4) is 0 Å². The Labute approximate surface area is 196 Å². The molecule has 0 amide bonds. The highest BCUT2D eigenvalue weighted by atomic mass is 15.1. The molecule has 0 N–H and O–H groups in total. The number of aliphatic imine (C=N–C) groups is 2. The Bertz CT molecular complexity index is 716. The standard InChI is InChI=1S/C28H42N4/c1-5-31(6-2)27-17-13-25(14-18-27)23-29-21-11-9-10-12-22-30-24-26-15-19-28(20-16-26)32(7-3)8-4/h13-20,23-24H,5-12,21-22H2,1-4H3/b29-23+,30-24+. The number of nitrogens with zero attached hydrogens (tertiary/aromatic N) is 4. The summed E-state index contributed by atoms with van der Waals surface area (Å²) in [5, 5.41) is 0. The molecule has 4 nitrogen and oxygen atoms in total. The molecule has 174 valence electrons. The molecule has 0 saturated carbocycles. The summed E-state index contributed by atoms with van der Waals surface area (Å²) in [5.41, 5.74) is 4.93. The topological polar surface area (TPSA) is 31.2 Å². The van der Waals surface area contributed by atoms with Crippen molar-refractivity contribution in [1.82, 2.24) is 0 Å². The van der Waals surface area contributed by atoms with Crippen LogP contribution in [0.4, 0.5) is 11.4 Å². The maximum absolute atomic E-state index is 4.59. The van der Waals surface area contributed by atoms with Crippen molar-refractivity contribution in [1.29, 1.82) is 0 Å². The maximum Gasteiger partial charge on any atom is 0.0389 e. The van der Waals surface area contributed by atoms with Gasteiger partial charge in [-0.05, 0) is 75.9 Å². The molecule has 4 heteroatoms. The van der Waals surface area contributed by atoms with E-state index in [1.807, 2.05) is 12.4 Å². The Morgan fingerprint density at radius 3 is 1.19 bits per heavy atom. The third-order valence-corrected chi connectivity index (χ3v) is 5.85. The van der Waals surface area contributed by atoms with Gasteiger partial charge in [0.1, 0.15) is 0 Å². The van der Waals surface area contributed by atoms with E-state index in [1.165, 1.54) is 35.3 Å². The third kappa shape index (κ3) is 8.86. The normalized spacial score (nSPS) is 11.5. The predicted octanol–water partition coefficient (Wildman–Crippen LogP) is 6.48. The highest BCUT2D eigenvalue weighted by Crippen LogP contribution is 2.15. The Morgan fingerprint density at radius 2 is 0.875 bits per heavy atom. The lowest BCUT2D eigenvalue weighted by Gasteiger charge is -2.20. The lowest BCUT2D eigenvalue weighted by Crippen LogP contribution is -2.21. The van der Waals surface area contributed by atoms with Gasteiger partial charge in [-0.25, -0.2) is 0 Å². The zero-order valence-corrected chi connectivity index (χ0v) is 20.6. The fourth-order valence-corrected chi connectivity index (χ4v) is 3.82. The van der Waals surface area contributed by atoms with Crippen molar-refractivity contribution in [3.8, 4) is 0 Å². The minimum atomic E-state index is 0.903. The zero-order valence-electron chi connectivity index (χ0n) is 20.6. The molecule has 0 aliphatic heterocycles. The molecule has 0 spiro atoms. The van der Waals surface area contributed by atoms with Crippen molar-refractivity contribution >= 4 is 23.8 Å². The third-order valence-electron chi connectivity index (χ3n) is 5.85. The van der Waals surface area contributed by atoms with E-state index in [0.29, 0.717) is 0 Å². The van der Waals surface area contributed by atoms with Crippen LogP contribution in [-0.2, 0) is 0 Å². The number of hydrogen-bond acceptors (Lipinski definition) is 4. The van der Waals surface area contributed by atoms with E-state index in [2.05, 4.69) is 96.0 Å². The molecule has 0 bridgehead atoms. The van der Waals surface area contributed by atoms with E-state index < -0.39 is 0 Å². The molecule has 2 aromatic rings. The van der Waals surface area contributed by atoms with Gasteiger partial charge in [-0.15, -0.1) is 0 Å². The molecule has 0 heterocycles. The molecule has 0 aromatic heterocycles. The van der Waals surface area contributed by atoms with Gasteiger partial charge in [0, 0.05) is 63.1 Å². The minimum Gasteiger partial charge on any atom is -0.372 e. The first-order valence-electron chi connectivity index (χ1n) is 12.4. The highest BCUT2D eigenvalue weighted by Gasteiger charge is 2.01. The van der Waals surface area contributed by atoms with Crippen molar-refractivity contribution in [3.63, 3.8) is 0 Å². The van der Waals surface area contributed by atoms with E-state index in [4.69, 9.17) is 0 Å². The number of rotatable bonds is 15. The van der Waals surface area contributed by atoms with Gasteiger partial charge in [0.25, 0.3) is 0 Å². The van der Waals surface area contributed by atoms with Crippen LogP contribution in [0, 0.1) is 0 Å². The van der Waals surface area contributed by atoms with E-state index in [9.17, 15) is 0 Å². The van der Waals surface area contributed by atoms with Crippen LogP contribution in [0.5, 0.6) is 0 Å². The van der Waals surface area contributed by atoms with Crippen molar-refractivity contribution in [2.45, 2.75) is 53.4 Å². The largest absolute Gasteiger partial charge is 0.372 e. The Balaban J connectivity index is 1.57. The summed E-state index contributed by atoms with van der Waals surface area (Å²) in [6.45, 7) is 14.7. The average molecular weight is 435 g/mol. The molecule has 0 unspecified atom stereocenters. The summed E-state index contributed by atoms with van der Waals surface area (Å²) in [6, 6.07) is 17.4. The summed E-state index contributed by atoms with van der Waals surface area (Å²) >= 11 is 0. The molecule has 2 rings (SSSR count). The Morgan fingerprint density at radius 1 is 0.531 bits per heavy atom. The van der Waals surface area contributed by atoms with Crippen molar-refractivity contribution in [2.75, 3.05) is 49.1 Å². The summed E-state index contributed by atoms with van der Waals surface area (Å²) < 4.78 is 0. The molecule has 0 aliphatic carbocycles. The van der Waals surface area contributed by atoms with Crippen LogP contribution >= 0.6 is 0 Å². The lowest BCUT2D eigenvalue weighted by molar-refractivity contribution is 0.655. The average Bonchev–Trinajstić information content (AvgIpc) is 2.83. The number of anilines is 2. The summed E-state index contributed by atoms with van der Waals surface area (Å²) in [4.78, 5) is 13.9. The second kappa shape index (κ2) is 15.2. The van der Waals surface area contributed by atoms with Gasteiger partial charge in [-0.2, -0.15) is 0 Å². The molecule has 0 aliphatic rings. The quantitative estimate of drug-likeness (QED) is 0.237. The monoisotopic (exact) mass is 434 g/mol. The van der Waals surface area contributed by atoms with Gasteiger partial charge in [0.15, 0.2) is 0 Å². The lowest BCUT2D eigenvalue weighted by atomic mass is 10.2. The smallest absolute Gasteiger partial charge is 0.0389 e. The van der Waals surface area contributed by atoms with Crippen LogP contribution in [-0.4, -0.2) is 51.7 Å². The molecule has 0 radical (unpaired) electrons. The van der Waals surface area contributed by atoms with Gasteiger partial charge < -0.3 is 9.80 Å². The zero-order chi connectivity index (χ0) is 23.0. The van der Waals surface area contributed by atoms with Crippen molar-refractivity contribution < 1.29 is 0 Å². The van der Waals surface area contributed by atoms with E-state index in [1.54, 1.807) is 0 Å². The van der Waals surface area contributed by atoms with E-state index in [-0.39, 0.29) is 0 Å². The van der Waals surface area contributed by atoms with Crippen LogP contribution in [0.1, 0.15) is 64.5 Å². The van der Waals surface area contributed by atoms with Gasteiger partial charge in [0.05, 0.1) is 0 Å². The Kier molecular flexibility index (Phi) is 12.2. The highest BCUT2D eigenvalue weighted by molar-refractivity contribution is 5.80. The van der Waals surface area contributed by atoms with Crippen LogP contribution in [0.25, 0.3) is 0 Å². The Hall–Kier alpha value is -2.62. The fourth-order valence-electron chi connectivity index (χ4n) is 3.82. The fraction of sp³-hybridized carbons (Fsp3) is 0.500. The number of unbranched alkanes of at least 4 members (excludes halogenated alkanes) is 3. The van der Waals surface area contributed by atoms with Crippen LogP contribution < -0.4 is 9.80 Å². The maximum atomic E-state index is 4.59. The summed E-state index contributed by atoms with van der Waals surface area (Å²) in [5.74, 6) is 0. The first-order chi connectivity index (χ1) is 15.7. The van der Waals surface area contributed by atoms with Crippen LogP contribution in [0.15, 0.2) is 58.5 Å². The molecular weight excluding hydrogens is 392 g/mol. The van der Waals surface area contributed by atoms with Gasteiger partial charge in [-0.3, -0.25) is 9.98 Å². The minimum absolute atomic E-state index is 0.903. The van der Waals surface area contributed by atoms with E-state index >= 15 is 0 Å². The number of hydrogen-bond donors (Lipinski definition) is 0. The van der Waals surface area contributed by atoms with Crippen molar-refractivity contribution in [3.05, 3.63) is 59.7 Å². The van der Waals surface area contributed by atoms with Gasteiger partial charge in [-0.1, -0.05) is 37.1 Å². The van der Waals surface area contributed by atoms with Gasteiger partial charge in [0.2, 0.25) is 0 Å². The SMILES string of the molecule is CCN(CC)c1ccc(/C=N/CCCCCC/N=C/c2ccc(N(CC)CC)cc2)cc1. The summed E-state index contributed by atoms with van der Waals surface area (Å²) in [7, 11) is 0. The molecule has 0 fully saturated rings. The predicted molar refractivity (Wildman–Crippen MR) is 143 cm³/mol. The van der Waals surface area contributed by atoms with Crippen LogP contribution in [0.2, 0.25) is 0 Å². The summed E-state index contributed by atoms with van der Waals surface area (Å²) in [6.07, 6.45) is 8.72. The van der Waals surface area contributed by atoms with E-state index in [0.717, 1.165) is 52.1 Å². The van der Waals surface area contributed by atoms with Crippen molar-refractivity contribution in [2.24, 2.45) is 9.98 Å². The molecule has 0 saturated heterocycles. The second-order valence-electron chi connectivity index (χ2n) is 8.01.